The van der Waals surface area contributed by atoms with Crippen molar-refractivity contribution in [1.82, 2.24) is 20.2 Å². The van der Waals surface area contributed by atoms with Gasteiger partial charge >= 0.3 is 0 Å². The number of hydrogen-bond acceptors (Lipinski definition) is 7. The first-order chi connectivity index (χ1) is 10.1. The number of benzene rings is 1. The van der Waals surface area contributed by atoms with E-state index in [2.05, 4.69) is 15.5 Å². The highest BCUT2D eigenvalue weighted by Crippen LogP contribution is 2.39. The van der Waals surface area contributed by atoms with Crippen LogP contribution in [0.2, 0.25) is 0 Å². The molecule has 9 heteroatoms. The van der Waals surface area contributed by atoms with Crippen molar-refractivity contribution in [2.75, 3.05) is 0 Å². The number of aromatic nitrogens is 4. The SMILES string of the molecule is CC(=O)c1cc([N+](=O)[O-])ccc1Sc1nnnn1C1CC1. The van der Waals surface area contributed by atoms with Gasteiger partial charge in [-0.25, -0.2) is 4.68 Å². The zero-order chi connectivity index (χ0) is 15.0. The van der Waals surface area contributed by atoms with Gasteiger partial charge in [-0.1, -0.05) is 0 Å². The lowest BCUT2D eigenvalue weighted by Crippen LogP contribution is -2.01. The molecule has 0 amide bonds. The second kappa shape index (κ2) is 5.24. The molecule has 1 aliphatic carbocycles. The summed E-state index contributed by atoms with van der Waals surface area (Å²) in [5, 5.41) is 22.9. The minimum atomic E-state index is -0.519. The van der Waals surface area contributed by atoms with Crippen LogP contribution in [0.25, 0.3) is 0 Å². The molecule has 1 saturated carbocycles. The molecule has 1 aliphatic rings. The van der Waals surface area contributed by atoms with E-state index >= 15 is 0 Å². The van der Waals surface area contributed by atoms with Gasteiger partial charge in [-0.2, -0.15) is 0 Å². The third-order valence-corrected chi connectivity index (χ3v) is 4.14. The van der Waals surface area contributed by atoms with Crippen molar-refractivity contribution < 1.29 is 9.72 Å². The summed E-state index contributed by atoms with van der Waals surface area (Å²) in [5.41, 5.74) is 0.200. The highest BCUT2D eigenvalue weighted by atomic mass is 32.2. The Morgan fingerprint density at radius 1 is 1.48 bits per heavy atom. The average molecular weight is 305 g/mol. The fourth-order valence-corrected chi connectivity index (χ4v) is 2.90. The van der Waals surface area contributed by atoms with Gasteiger partial charge in [0, 0.05) is 22.6 Å². The summed E-state index contributed by atoms with van der Waals surface area (Å²) in [7, 11) is 0. The number of hydrogen-bond donors (Lipinski definition) is 0. The van der Waals surface area contributed by atoms with E-state index < -0.39 is 4.92 Å². The fraction of sp³-hybridized carbons (Fsp3) is 0.333. The lowest BCUT2D eigenvalue weighted by molar-refractivity contribution is -0.384. The normalized spacial score (nSPS) is 14.1. The zero-order valence-electron chi connectivity index (χ0n) is 11.1. The fourth-order valence-electron chi connectivity index (χ4n) is 1.89. The summed E-state index contributed by atoms with van der Waals surface area (Å²) >= 11 is 1.25. The van der Waals surface area contributed by atoms with Gasteiger partial charge in [0.05, 0.1) is 11.0 Å². The van der Waals surface area contributed by atoms with Gasteiger partial charge < -0.3 is 0 Å². The Morgan fingerprint density at radius 2 is 2.24 bits per heavy atom. The molecule has 0 N–H and O–H groups in total. The average Bonchev–Trinajstić information content (AvgIpc) is 3.19. The number of carbonyl (C=O) groups excluding carboxylic acids is 1. The van der Waals surface area contributed by atoms with Crippen molar-refractivity contribution in [3.8, 4) is 0 Å². The van der Waals surface area contributed by atoms with E-state index in [0.717, 1.165) is 12.8 Å². The smallest absolute Gasteiger partial charge is 0.270 e. The van der Waals surface area contributed by atoms with Crippen molar-refractivity contribution in [3.63, 3.8) is 0 Å². The van der Waals surface area contributed by atoms with Crippen LogP contribution in [-0.4, -0.2) is 30.9 Å². The summed E-state index contributed by atoms with van der Waals surface area (Å²) < 4.78 is 1.73. The van der Waals surface area contributed by atoms with Crippen LogP contribution >= 0.6 is 11.8 Å². The Kier molecular flexibility index (Phi) is 3.42. The Morgan fingerprint density at radius 3 is 2.86 bits per heavy atom. The minimum Gasteiger partial charge on any atom is -0.294 e. The van der Waals surface area contributed by atoms with E-state index in [1.54, 1.807) is 10.7 Å². The zero-order valence-corrected chi connectivity index (χ0v) is 11.9. The van der Waals surface area contributed by atoms with Crippen LogP contribution in [0.1, 0.15) is 36.2 Å². The first-order valence-electron chi connectivity index (χ1n) is 6.31. The van der Waals surface area contributed by atoms with E-state index in [-0.39, 0.29) is 11.5 Å². The molecule has 1 fully saturated rings. The van der Waals surface area contributed by atoms with Gasteiger partial charge in [0.1, 0.15) is 0 Å². The number of Topliss-reactive ketones (excluding diaryl/α,β-unsaturated/α-hetero) is 1. The van der Waals surface area contributed by atoms with Crippen LogP contribution in [0.4, 0.5) is 5.69 Å². The molecule has 1 aromatic heterocycles. The lowest BCUT2D eigenvalue weighted by Gasteiger charge is -2.06. The topological polar surface area (TPSA) is 104 Å². The molecular formula is C12H11N5O3S. The molecule has 3 rings (SSSR count). The second-order valence-corrected chi connectivity index (χ2v) is 5.74. The predicted molar refractivity (Wildman–Crippen MR) is 73.3 cm³/mol. The monoisotopic (exact) mass is 305 g/mol. The maximum absolute atomic E-state index is 11.7. The number of nitro groups is 1. The highest BCUT2D eigenvalue weighted by molar-refractivity contribution is 7.99. The van der Waals surface area contributed by atoms with Gasteiger partial charge in [0.25, 0.3) is 5.69 Å². The lowest BCUT2D eigenvalue weighted by atomic mass is 10.1. The third-order valence-electron chi connectivity index (χ3n) is 3.11. The Labute approximate surface area is 123 Å². The molecule has 8 nitrogen and oxygen atoms in total. The largest absolute Gasteiger partial charge is 0.294 e. The number of nitro benzene ring substituents is 1. The summed E-state index contributed by atoms with van der Waals surface area (Å²) in [6.45, 7) is 1.38. The summed E-state index contributed by atoms with van der Waals surface area (Å²) in [6, 6.07) is 4.54. The molecule has 2 aromatic rings. The molecule has 21 heavy (non-hydrogen) atoms. The number of nitrogens with zero attached hydrogens (tertiary/aromatic N) is 5. The molecule has 1 aromatic carbocycles. The Bertz CT molecular complexity index is 725. The van der Waals surface area contributed by atoms with Crippen molar-refractivity contribution >= 4 is 23.2 Å². The van der Waals surface area contributed by atoms with E-state index in [1.807, 2.05) is 0 Å². The Balaban J connectivity index is 1.95. The van der Waals surface area contributed by atoms with Gasteiger partial charge in [-0.3, -0.25) is 14.9 Å². The molecule has 0 atom stereocenters. The summed E-state index contributed by atoms with van der Waals surface area (Å²) in [5.74, 6) is -0.230. The molecular weight excluding hydrogens is 294 g/mol. The maximum Gasteiger partial charge on any atom is 0.270 e. The molecule has 0 saturated heterocycles. The summed E-state index contributed by atoms with van der Waals surface area (Å²) in [6.07, 6.45) is 2.08. The van der Waals surface area contributed by atoms with Crippen LogP contribution < -0.4 is 0 Å². The summed E-state index contributed by atoms with van der Waals surface area (Å²) in [4.78, 5) is 22.6. The van der Waals surface area contributed by atoms with Crippen LogP contribution in [-0.2, 0) is 0 Å². The molecule has 1 heterocycles. The van der Waals surface area contributed by atoms with Crippen molar-refractivity contribution in [1.29, 1.82) is 0 Å². The first-order valence-corrected chi connectivity index (χ1v) is 7.13. The van der Waals surface area contributed by atoms with Gasteiger partial charge in [-0.15, -0.1) is 5.10 Å². The number of rotatable bonds is 5. The quantitative estimate of drug-likeness (QED) is 0.474. The second-order valence-electron chi connectivity index (χ2n) is 4.73. The molecule has 0 aliphatic heterocycles. The van der Waals surface area contributed by atoms with E-state index in [0.29, 0.717) is 21.7 Å². The number of tetrazole rings is 1. The number of carbonyl (C=O) groups is 1. The van der Waals surface area contributed by atoms with E-state index in [4.69, 9.17) is 0 Å². The van der Waals surface area contributed by atoms with Crippen molar-refractivity contribution in [2.24, 2.45) is 0 Å². The van der Waals surface area contributed by atoms with Gasteiger partial charge in [-0.05, 0) is 48.0 Å². The molecule has 108 valence electrons. The predicted octanol–water partition coefficient (Wildman–Crippen LogP) is 2.27. The van der Waals surface area contributed by atoms with Crippen LogP contribution in [0, 0.1) is 10.1 Å². The maximum atomic E-state index is 11.7. The van der Waals surface area contributed by atoms with Crippen LogP contribution in [0.5, 0.6) is 0 Å². The van der Waals surface area contributed by atoms with E-state index in [9.17, 15) is 14.9 Å². The molecule has 0 bridgehead atoms. The molecule has 0 radical (unpaired) electrons. The number of non-ortho nitro benzene ring substituents is 1. The third kappa shape index (κ3) is 2.77. The van der Waals surface area contributed by atoms with Crippen LogP contribution in [0.3, 0.4) is 0 Å². The van der Waals surface area contributed by atoms with Crippen molar-refractivity contribution in [2.45, 2.75) is 35.9 Å². The first kappa shape index (κ1) is 13.7. The molecule has 0 spiro atoms. The van der Waals surface area contributed by atoms with Gasteiger partial charge in [0.2, 0.25) is 5.16 Å². The Hall–Kier alpha value is -2.29. The highest BCUT2D eigenvalue weighted by Gasteiger charge is 2.28. The van der Waals surface area contributed by atoms with Gasteiger partial charge in [0.15, 0.2) is 5.78 Å². The van der Waals surface area contributed by atoms with E-state index in [1.165, 1.54) is 30.8 Å². The standard InChI is InChI=1S/C12H11N5O3S/c1-7(18)10-6-9(17(19)20)4-5-11(10)21-12-13-14-15-16(12)8-2-3-8/h4-6,8H,2-3H2,1H3. The van der Waals surface area contributed by atoms with Crippen LogP contribution in [0.15, 0.2) is 28.3 Å². The number of ketones is 1. The minimum absolute atomic E-state index is 0.105. The van der Waals surface area contributed by atoms with Crippen molar-refractivity contribution in [3.05, 3.63) is 33.9 Å². The molecule has 0 unspecified atom stereocenters.